The van der Waals surface area contributed by atoms with Crippen molar-refractivity contribution in [3.05, 3.63) is 53.6 Å². The number of nitrogens with one attached hydrogen (secondary N) is 2. The summed E-state index contributed by atoms with van der Waals surface area (Å²) in [6, 6.07) is 12.8. The summed E-state index contributed by atoms with van der Waals surface area (Å²) in [6.07, 6.45) is 0.818. The average molecular weight is 342 g/mol. The molecule has 134 valence electrons. The molecule has 25 heavy (non-hydrogen) atoms. The SMILES string of the molecule is CCN(CCc1ccc(O)c(NC(=O)NC)c1)Cc1cccc(N)c1. The Morgan fingerprint density at radius 2 is 2.00 bits per heavy atom. The molecule has 0 bridgehead atoms. The Kier molecular flexibility index (Phi) is 6.65. The lowest BCUT2D eigenvalue weighted by Crippen LogP contribution is -2.26. The third-order valence-corrected chi connectivity index (χ3v) is 4.06. The number of anilines is 2. The Hall–Kier alpha value is -2.73. The number of phenolic OH excluding ortho intramolecular Hbond substituents is 1. The van der Waals surface area contributed by atoms with E-state index in [1.807, 2.05) is 24.3 Å². The van der Waals surface area contributed by atoms with Gasteiger partial charge in [-0.05, 0) is 48.4 Å². The van der Waals surface area contributed by atoms with Gasteiger partial charge >= 0.3 is 6.03 Å². The Morgan fingerprint density at radius 3 is 2.68 bits per heavy atom. The molecule has 0 aliphatic heterocycles. The molecule has 0 aromatic heterocycles. The van der Waals surface area contributed by atoms with Crippen molar-refractivity contribution in [2.75, 3.05) is 31.2 Å². The van der Waals surface area contributed by atoms with Crippen LogP contribution in [-0.2, 0) is 13.0 Å². The van der Waals surface area contributed by atoms with Gasteiger partial charge in [0, 0.05) is 25.8 Å². The van der Waals surface area contributed by atoms with Crippen molar-refractivity contribution < 1.29 is 9.90 Å². The van der Waals surface area contributed by atoms with Crippen molar-refractivity contribution in [1.82, 2.24) is 10.2 Å². The second-order valence-electron chi connectivity index (χ2n) is 5.92. The molecular weight excluding hydrogens is 316 g/mol. The Morgan fingerprint density at radius 1 is 1.20 bits per heavy atom. The fraction of sp³-hybridized carbons (Fsp3) is 0.316. The summed E-state index contributed by atoms with van der Waals surface area (Å²) in [5.74, 6) is 0.0551. The summed E-state index contributed by atoms with van der Waals surface area (Å²) in [6.45, 7) is 4.76. The van der Waals surface area contributed by atoms with Crippen LogP contribution in [0.25, 0.3) is 0 Å². The van der Waals surface area contributed by atoms with Crippen molar-refractivity contribution in [1.29, 1.82) is 0 Å². The number of carbonyl (C=O) groups excluding carboxylic acids is 1. The number of hydrogen-bond acceptors (Lipinski definition) is 4. The van der Waals surface area contributed by atoms with Gasteiger partial charge in [-0.3, -0.25) is 4.90 Å². The average Bonchev–Trinajstić information content (AvgIpc) is 2.61. The van der Waals surface area contributed by atoms with Crippen LogP contribution in [0.5, 0.6) is 5.75 Å². The van der Waals surface area contributed by atoms with Gasteiger partial charge in [0.2, 0.25) is 0 Å². The molecule has 0 atom stereocenters. The van der Waals surface area contributed by atoms with E-state index in [-0.39, 0.29) is 11.8 Å². The van der Waals surface area contributed by atoms with Gasteiger partial charge in [-0.15, -0.1) is 0 Å². The third-order valence-electron chi connectivity index (χ3n) is 4.06. The molecule has 0 saturated heterocycles. The molecule has 0 heterocycles. The van der Waals surface area contributed by atoms with Gasteiger partial charge in [-0.25, -0.2) is 4.79 Å². The molecule has 0 radical (unpaired) electrons. The summed E-state index contributed by atoms with van der Waals surface area (Å²) in [5.41, 5.74) is 9.27. The molecule has 0 aliphatic rings. The zero-order chi connectivity index (χ0) is 18.2. The number of nitrogen functional groups attached to an aromatic ring is 1. The number of nitrogens with zero attached hydrogens (tertiary/aromatic N) is 1. The summed E-state index contributed by atoms with van der Waals surface area (Å²) in [4.78, 5) is 13.8. The van der Waals surface area contributed by atoms with Crippen molar-refractivity contribution in [2.45, 2.75) is 19.9 Å². The van der Waals surface area contributed by atoms with E-state index >= 15 is 0 Å². The monoisotopic (exact) mass is 342 g/mol. The fourth-order valence-electron chi connectivity index (χ4n) is 2.61. The number of carbonyl (C=O) groups is 1. The summed E-state index contributed by atoms with van der Waals surface area (Å²) >= 11 is 0. The van der Waals surface area contributed by atoms with E-state index in [1.165, 1.54) is 12.6 Å². The van der Waals surface area contributed by atoms with Crippen molar-refractivity contribution in [2.24, 2.45) is 0 Å². The van der Waals surface area contributed by atoms with Gasteiger partial charge in [0.25, 0.3) is 0 Å². The minimum absolute atomic E-state index is 0.0551. The first-order valence-corrected chi connectivity index (χ1v) is 8.39. The third kappa shape index (κ3) is 5.69. The molecule has 0 spiro atoms. The number of phenols is 1. The quantitative estimate of drug-likeness (QED) is 0.460. The number of hydrogen-bond donors (Lipinski definition) is 4. The number of likely N-dealkylation sites (N-methyl/N-ethyl adjacent to an activating group) is 1. The highest BCUT2D eigenvalue weighted by Crippen LogP contribution is 2.24. The summed E-state index contributed by atoms with van der Waals surface area (Å²) in [7, 11) is 1.53. The van der Waals surface area contributed by atoms with Gasteiger partial charge in [-0.1, -0.05) is 25.1 Å². The lowest BCUT2D eigenvalue weighted by atomic mass is 10.1. The van der Waals surface area contributed by atoms with Gasteiger partial charge < -0.3 is 21.5 Å². The summed E-state index contributed by atoms with van der Waals surface area (Å²) < 4.78 is 0. The number of aromatic hydroxyl groups is 1. The number of nitrogens with two attached hydrogens (primary N) is 1. The van der Waals surface area contributed by atoms with E-state index in [0.29, 0.717) is 5.69 Å². The van der Waals surface area contributed by atoms with Crippen molar-refractivity contribution in [3.8, 4) is 5.75 Å². The molecule has 0 aliphatic carbocycles. The minimum atomic E-state index is -0.357. The van der Waals surface area contributed by atoms with Gasteiger partial charge in [-0.2, -0.15) is 0 Å². The molecule has 6 heteroatoms. The maximum atomic E-state index is 11.4. The predicted molar refractivity (Wildman–Crippen MR) is 102 cm³/mol. The van der Waals surface area contributed by atoms with Crippen LogP contribution in [0, 0.1) is 0 Å². The maximum absolute atomic E-state index is 11.4. The first kappa shape index (κ1) is 18.6. The van der Waals surface area contributed by atoms with Crippen LogP contribution in [0.3, 0.4) is 0 Å². The minimum Gasteiger partial charge on any atom is -0.506 e. The van der Waals surface area contributed by atoms with E-state index in [2.05, 4.69) is 28.5 Å². The van der Waals surface area contributed by atoms with Gasteiger partial charge in [0.1, 0.15) is 5.75 Å². The van der Waals surface area contributed by atoms with Crippen LogP contribution in [0.2, 0.25) is 0 Å². The van der Waals surface area contributed by atoms with E-state index < -0.39 is 0 Å². The van der Waals surface area contributed by atoms with Crippen molar-refractivity contribution in [3.63, 3.8) is 0 Å². The first-order valence-electron chi connectivity index (χ1n) is 8.39. The van der Waals surface area contributed by atoms with Crippen LogP contribution in [0.4, 0.5) is 16.2 Å². The second kappa shape index (κ2) is 8.94. The molecule has 2 aromatic carbocycles. The number of urea groups is 1. The zero-order valence-corrected chi connectivity index (χ0v) is 14.7. The topological polar surface area (TPSA) is 90.6 Å². The lowest BCUT2D eigenvalue weighted by Gasteiger charge is -2.21. The molecule has 0 unspecified atom stereocenters. The van der Waals surface area contributed by atoms with Crippen LogP contribution in [0.1, 0.15) is 18.1 Å². The predicted octanol–water partition coefficient (Wildman–Crippen LogP) is 2.79. The highest BCUT2D eigenvalue weighted by Gasteiger charge is 2.08. The lowest BCUT2D eigenvalue weighted by molar-refractivity contribution is 0.254. The van der Waals surface area contributed by atoms with E-state index in [0.717, 1.165) is 37.3 Å². The molecule has 6 nitrogen and oxygen atoms in total. The first-order chi connectivity index (χ1) is 12.0. The van der Waals surface area contributed by atoms with Crippen LogP contribution < -0.4 is 16.4 Å². The second-order valence-corrected chi connectivity index (χ2v) is 5.92. The Labute approximate surface area is 148 Å². The van der Waals surface area contributed by atoms with E-state index in [9.17, 15) is 9.90 Å². The molecule has 5 N–H and O–H groups in total. The molecule has 0 fully saturated rings. The number of amides is 2. The Bertz CT molecular complexity index is 718. The molecule has 2 rings (SSSR count). The molecule has 2 amide bonds. The molecular formula is C19H26N4O2. The standard InChI is InChI=1S/C19H26N4O2/c1-3-23(13-15-5-4-6-16(20)11-15)10-9-14-7-8-18(24)17(12-14)22-19(25)21-2/h4-8,11-12,24H,3,9-10,13,20H2,1-2H3,(H2,21,22,25). The van der Waals surface area contributed by atoms with Gasteiger partial charge in [0.15, 0.2) is 0 Å². The molecule has 2 aromatic rings. The zero-order valence-electron chi connectivity index (χ0n) is 14.7. The van der Waals surface area contributed by atoms with E-state index in [1.54, 1.807) is 12.1 Å². The highest BCUT2D eigenvalue weighted by atomic mass is 16.3. The molecule has 0 saturated carbocycles. The van der Waals surface area contributed by atoms with Gasteiger partial charge in [0.05, 0.1) is 5.69 Å². The van der Waals surface area contributed by atoms with Crippen LogP contribution >= 0.6 is 0 Å². The van der Waals surface area contributed by atoms with Crippen LogP contribution in [0.15, 0.2) is 42.5 Å². The largest absolute Gasteiger partial charge is 0.506 e. The smallest absolute Gasteiger partial charge is 0.319 e. The van der Waals surface area contributed by atoms with Crippen molar-refractivity contribution >= 4 is 17.4 Å². The van der Waals surface area contributed by atoms with E-state index in [4.69, 9.17) is 5.73 Å². The Balaban J connectivity index is 1.98. The summed E-state index contributed by atoms with van der Waals surface area (Å²) in [5, 5.41) is 15.0. The van der Waals surface area contributed by atoms with Crippen LogP contribution in [-0.4, -0.2) is 36.2 Å². The highest BCUT2D eigenvalue weighted by molar-refractivity contribution is 5.90. The normalized spacial score (nSPS) is 10.7. The number of rotatable bonds is 7. The fourth-order valence-corrected chi connectivity index (χ4v) is 2.61. The number of benzene rings is 2. The maximum Gasteiger partial charge on any atom is 0.319 e.